The minimum Gasteiger partial charge on any atom is -0.478 e. The molecule has 0 spiro atoms. The van der Waals surface area contributed by atoms with Gasteiger partial charge in [0.2, 0.25) is 0 Å². The lowest BCUT2D eigenvalue weighted by atomic mass is 10.2. The highest BCUT2D eigenvalue weighted by Crippen LogP contribution is 2.14. The van der Waals surface area contributed by atoms with Crippen LogP contribution in [0.3, 0.4) is 0 Å². The van der Waals surface area contributed by atoms with Crippen LogP contribution >= 0.6 is 0 Å². The van der Waals surface area contributed by atoms with Crippen molar-refractivity contribution in [2.45, 2.75) is 0 Å². The molecule has 128 valence electrons. The molecule has 25 heavy (non-hydrogen) atoms. The molecule has 0 heterocycles. The van der Waals surface area contributed by atoms with E-state index in [9.17, 15) is 19.7 Å². The molecule has 2 aromatic carbocycles. The summed E-state index contributed by atoms with van der Waals surface area (Å²) in [6.07, 6.45) is 1.23. The molecule has 2 rings (SSSR count). The van der Waals surface area contributed by atoms with Gasteiger partial charge in [0.05, 0.1) is 22.4 Å². The first-order valence-electron chi connectivity index (χ1n) is 6.99. The second-order valence-corrected chi connectivity index (χ2v) is 4.76. The Hall–Kier alpha value is -3.75. The molecular formula is C16H13N3O6. The summed E-state index contributed by atoms with van der Waals surface area (Å²) in [5.41, 5.74) is 0.444. The molecule has 0 radical (unpaired) electrons. The maximum atomic E-state index is 11.7. The third kappa shape index (κ3) is 5.13. The van der Waals surface area contributed by atoms with Gasteiger partial charge in [-0.05, 0) is 12.1 Å². The second-order valence-electron chi connectivity index (χ2n) is 4.76. The van der Waals surface area contributed by atoms with Gasteiger partial charge in [-0.3, -0.25) is 14.9 Å². The molecule has 9 nitrogen and oxygen atoms in total. The van der Waals surface area contributed by atoms with E-state index in [0.29, 0.717) is 5.56 Å². The maximum absolute atomic E-state index is 11.7. The molecule has 1 amide bonds. The Labute approximate surface area is 141 Å². The summed E-state index contributed by atoms with van der Waals surface area (Å²) in [6, 6.07) is 11.7. The van der Waals surface area contributed by atoms with E-state index in [1.807, 2.05) is 0 Å². The molecular weight excluding hydrogens is 330 g/mol. The van der Waals surface area contributed by atoms with Gasteiger partial charge in [0, 0.05) is 17.7 Å². The number of para-hydroxylation sites is 1. The lowest BCUT2D eigenvalue weighted by molar-refractivity contribution is -0.384. The van der Waals surface area contributed by atoms with Crippen LogP contribution < -0.4 is 5.32 Å². The Bertz CT molecular complexity index is 834. The molecule has 0 saturated carbocycles. The van der Waals surface area contributed by atoms with Crippen LogP contribution in [0.25, 0.3) is 0 Å². The van der Waals surface area contributed by atoms with Crippen LogP contribution in [0.1, 0.15) is 15.9 Å². The number of hydrogen-bond donors (Lipinski definition) is 2. The van der Waals surface area contributed by atoms with E-state index >= 15 is 0 Å². The van der Waals surface area contributed by atoms with E-state index in [0.717, 1.165) is 0 Å². The van der Waals surface area contributed by atoms with Gasteiger partial charge >= 0.3 is 5.97 Å². The zero-order valence-electron chi connectivity index (χ0n) is 12.8. The number of rotatable bonds is 7. The van der Waals surface area contributed by atoms with Crippen molar-refractivity contribution >= 4 is 29.5 Å². The topological polar surface area (TPSA) is 131 Å². The van der Waals surface area contributed by atoms with Crippen LogP contribution in [0.4, 0.5) is 11.4 Å². The second kappa shape index (κ2) is 8.20. The van der Waals surface area contributed by atoms with Gasteiger partial charge in [-0.2, -0.15) is 0 Å². The van der Waals surface area contributed by atoms with Crippen molar-refractivity contribution in [1.82, 2.24) is 0 Å². The molecule has 2 aromatic rings. The Balaban J connectivity index is 1.90. The molecule has 0 aromatic heterocycles. The van der Waals surface area contributed by atoms with E-state index in [1.54, 1.807) is 18.2 Å². The van der Waals surface area contributed by atoms with Crippen LogP contribution in [-0.4, -0.2) is 34.7 Å². The largest absolute Gasteiger partial charge is 0.478 e. The van der Waals surface area contributed by atoms with Crippen LogP contribution in [0, 0.1) is 10.1 Å². The lowest BCUT2D eigenvalue weighted by Gasteiger charge is -2.07. The number of anilines is 1. The van der Waals surface area contributed by atoms with Gasteiger partial charge in [-0.1, -0.05) is 29.4 Å². The van der Waals surface area contributed by atoms with Gasteiger partial charge in [-0.15, -0.1) is 0 Å². The molecule has 0 aliphatic rings. The average molecular weight is 343 g/mol. The molecule has 9 heteroatoms. The summed E-state index contributed by atoms with van der Waals surface area (Å²) >= 11 is 0. The Morgan fingerprint density at radius 2 is 2.00 bits per heavy atom. The normalized spacial score (nSPS) is 10.4. The number of oxime groups is 1. The van der Waals surface area contributed by atoms with Crippen molar-refractivity contribution in [2.24, 2.45) is 5.16 Å². The Morgan fingerprint density at radius 3 is 2.72 bits per heavy atom. The van der Waals surface area contributed by atoms with Crippen LogP contribution in [0.15, 0.2) is 53.7 Å². The lowest BCUT2D eigenvalue weighted by Crippen LogP contribution is -2.18. The van der Waals surface area contributed by atoms with Gasteiger partial charge in [0.1, 0.15) is 0 Å². The summed E-state index contributed by atoms with van der Waals surface area (Å²) in [5, 5.41) is 25.6. The Kier molecular flexibility index (Phi) is 5.77. The molecule has 0 aliphatic carbocycles. The highest BCUT2D eigenvalue weighted by atomic mass is 16.6. The molecule has 0 aliphatic heterocycles. The smallest absolute Gasteiger partial charge is 0.337 e. The van der Waals surface area contributed by atoms with Crippen molar-refractivity contribution in [1.29, 1.82) is 0 Å². The summed E-state index contributed by atoms with van der Waals surface area (Å²) in [6.45, 7) is -0.445. The number of hydrogen-bond acceptors (Lipinski definition) is 6. The predicted octanol–water partition coefficient (Wildman–Crippen LogP) is 2.28. The number of nitrogens with one attached hydrogen (secondary N) is 1. The molecule has 0 saturated heterocycles. The van der Waals surface area contributed by atoms with Crippen molar-refractivity contribution in [3.05, 3.63) is 69.8 Å². The van der Waals surface area contributed by atoms with E-state index in [4.69, 9.17) is 9.94 Å². The zero-order chi connectivity index (χ0) is 18.2. The SMILES string of the molecule is O=C(CO/N=C\c1cccc([N+](=O)[O-])c1)Nc1ccccc1C(=O)O. The van der Waals surface area contributed by atoms with Crippen LogP contribution in [0.2, 0.25) is 0 Å². The highest BCUT2D eigenvalue weighted by molar-refractivity contribution is 6.00. The third-order valence-electron chi connectivity index (χ3n) is 2.98. The van der Waals surface area contributed by atoms with Gasteiger partial charge in [0.15, 0.2) is 6.61 Å². The number of amides is 1. The first-order valence-corrected chi connectivity index (χ1v) is 6.99. The monoisotopic (exact) mass is 343 g/mol. The van der Waals surface area contributed by atoms with Gasteiger partial charge in [0.25, 0.3) is 11.6 Å². The fourth-order valence-electron chi connectivity index (χ4n) is 1.88. The van der Waals surface area contributed by atoms with Gasteiger partial charge in [-0.25, -0.2) is 4.79 Å². The predicted molar refractivity (Wildman–Crippen MR) is 88.7 cm³/mol. The number of nitro benzene ring substituents is 1. The van der Waals surface area contributed by atoms with E-state index in [2.05, 4.69) is 10.5 Å². The molecule has 0 atom stereocenters. The number of carboxylic acids is 1. The van der Waals surface area contributed by atoms with E-state index < -0.39 is 23.4 Å². The molecule has 0 bridgehead atoms. The fourth-order valence-corrected chi connectivity index (χ4v) is 1.88. The van der Waals surface area contributed by atoms with Crippen molar-refractivity contribution in [2.75, 3.05) is 11.9 Å². The number of non-ortho nitro benzene ring substituents is 1. The molecule has 0 fully saturated rings. The highest BCUT2D eigenvalue weighted by Gasteiger charge is 2.11. The minimum atomic E-state index is -1.17. The van der Waals surface area contributed by atoms with Crippen molar-refractivity contribution in [3.63, 3.8) is 0 Å². The summed E-state index contributed by atoms with van der Waals surface area (Å²) in [4.78, 5) is 37.7. The number of carboxylic acid groups (broad SMARTS) is 1. The first kappa shape index (κ1) is 17.6. The molecule has 2 N–H and O–H groups in total. The number of benzene rings is 2. The quantitative estimate of drug-likeness (QED) is 0.450. The number of carbonyl (C=O) groups is 2. The van der Waals surface area contributed by atoms with Crippen LogP contribution in [0.5, 0.6) is 0 Å². The van der Waals surface area contributed by atoms with E-state index in [1.165, 1.54) is 36.5 Å². The standard InChI is InChI=1S/C16H13N3O6/c20-15(18-14-7-2-1-6-13(14)16(21)22)10-25-17-9-11-4-3-5-12(8-11)19(23)24/h1-9H,10H2,(H,18,20)(H,21,22)/b17-9-. The number of nitro groups is 1. The third-order valence-corrected chi connectivity index (χ3v) is 2.98. The summed E-state index contributed by atoms with van der Waals surface area (Å²) < 4.78 is 0. The van der Waals surface area contributed by atoms with Crippen molar-refractivity contribution < 1.29 is 24.5 Å². The fraction of sp³-hybridized carbons (Fsp3) is 0.0625. The van der Waals surface area contributed by atoms with E-state index in [-0.39, 0.29) is 16.9 Å². The first-order chi connectivity index (χ1) is 12.0. The minimum absolute atomic E-state index is 0.0454. The van der Waals surface area contributed by atoms with Crippen molar-refractivity contribution in [3.8, 4) is 0 Å². The zero-order valence-corrected chi connectivity index (χ0v) is 12.8. The number of carbonyl (C=O) groups excluding carboxylic acids is 1. The Morgan fingerprint density at radius 1 is 1.24 bits per heavy atom. The number of aromatic carboxylic acids is 1. The summed E-state index contributed by atoms with van der Waals surface area (Å²) in [7, 11) is 0. The van der Waals surface area contributed by atoms with Crippen LogP contribution in [-0.2, 0) is 9.63 Å². The average Bonchev–Trinajstić information content (AvgIpc) is 2.59. The maximum Gasteiger partial charge on any atom is 0.337 e. The summed E-state index contributed by atoms with van der Waals surface area (Å²) in [5.74, 6) is -1.76. The number of nitrogens with zero attached hydrogens (tertiary/aromatic N) is 2. The molecule has 0 unspecified atom stereocenters. The van der Waals surface area contributed by atoms with Gasteiger partial charge < -0.3 is 15.3 Å².